The number of carbonyl (C=O) groups excluding carboxylic acids is 2. The van der Waals surface area contributed by atoms with Crippen molar-refractivity contribution in [3.63, 3.8) is 0 Å². The number of hydrogen-bond donors (Lipinski definition) is 4. The zero-order valence-electron chi connectivity index (χ0n) is 15.0. The third-order valence-corrected chi connectivity index (χ3v) is 3.52. The molecule has 0 unspecified atom stereocenters. The number of amides is 2. The molecule has 8 heteroatoms. The van der Waals surface area contributed by atoms with Crippen LogP contribution in [0.15, 0.2) is 30.5 Å². The lowest BCUT2D eigenvalue weighted by atomic mass is 10.1. The molecule has 2 aromatic rings. The van der Waals surface area contributed by atoms with Gasteiger partial charge in [0.2, 0.25) is 5.91 Å². The number of benzene rings is 1. The fraction of sp³-hybridized carbons (Fsp3) is 0.389. The van der Waals surface area contributed by atoms with E-state index in [1.54, 1.807) is 27.0 Å². The third-order valence-electron chi connectivity index (χ3n) is 3.52. The molecular weight excluding hydrogens is 338 g/mol. The number of H-pyrrole nitrogens is 1. The van der Waals surface area contributed by atoms with Crippen molar-refractivity contribution in [1.29, 1.82) is 0 Å². The molecule has 0 aliphatic carbocycles. The van der Waals surface area contributed by atoms with Crippen LogP contribution in [0.4, 0.5) is 4.79 Å². The Hall–Kier alpha value is -3.03. The van der Waals surface area contributed by atoms with Crippen molar-refractivity contribution in [1.82, 2.24) is 15.6 Å². The summed E-state index contributed by atoms with van der Waals surface area (Å²) < 4.78 is 5.02. The lowest BCUT2D eigenvalue weighted by Crippen LogP contribution is -2.47. The molecule has 4 N–H and O–H groups in total. The summed E-state index contributed by atoms with van der Waals surface area (Å²) in [6, 6.07) is 6.39. The number of ether oxygens (including phenoxy) is 1. The summed E-state index contributed by atoms with van der Waals surface area (Å²) in [5.41, 5.74) is 0.998. The molecule has 0 spiro atoms. The number of carboxylic acid groups (broad SMARTS) is 1. The highest BCUT2D eigenvalue weighted by Crippen LogP contribution is 2.19. The molecule has 1 aromatic heterocycles. The van der Waals surface area contributed by atoms with Crippen LogP contribution in [0.1, 0.15) is 26.3 Å². The quantitative estimate of drug-likeness (QED) is 0.625. The molecule has 0 radical (unpaired) electrons. The number of aromatic nitrogens is 1. The SMILES string of the molecule is CC(C)(C)OC(=O)NCC(=O)N[C@@H](Cc1c[nH]c2ccccc12)C(=O)O. The lowest BCUT2D eigenvalue weighted by Gasteiger charge is -2.20. The molecule has 1 heterocycles. The van der Waals surface area contributed by atoms with Gasteiger partial charge in [-0.3, -0.25) is 4.79 Å². The Balaban J connectivity index is 1.94. The number of hydrogen-bond acceptors (Lipinski definition) is 4. The van der Waals surface area contributed by atoms with E-state index in [4.69, 9.17) is 4.74 Å². The summed E-state index contributed by atoms with van der Waals surface area (Å²) >= 11 is 0. The molecule has 2 amide bonds. The normalized spacial score (nSPS) is 12.4. The molecule has 0 bridgehead atoms. The maximum Gasteiger partial charge on any atom is 0.408 e. The highest BCUT2D eigenvalue weighted by Gasteiger charge is 2.23. The summed E-state index contributed by atoms with van der Waals surface area (Å²) in [6.45, 7) is 4.74. The number of rotatable bonds is 6. The van der Waals surface area contributed by atoms with Crippen molar-refractivity contribution in [3.8, 4) is 0 Å². The minimum absolute atomic E-state index is 0.123. The van der Waals surface area contributed by atoms with Crippen LogP contribution in [-0.2, 0) is 20.7 Å². The number of aromatic amines is 1. The number of fused-ring (bicyclic) bond motifs is 1. The largest absolute Gasteiger partial charge is 0.480 e. The van der Waals surface area contributed by atoms with E-state index in [9.17, 15) is 19.5 Å². The summed E-state index contributed by atoms with van der Waals surface area (Å²) in [7, 11) is 0. The summed E-state index contributed by atoms with van der Waals surface area (Å²) in [5.74, 6) is -1.76. The van der Waals surface area contributed by atoms with Crippen molar-refractivity contribution in [2.24, 2.45) is 0 Å². The molecule has 0 aliphatic heterocycles. The third kappa shape index (κ3) is 5.51. The molecule has 2 rings (SSSR count). The maximum absolute atomic E-state index is 12.0. The maximum atomic E-state index is 12.0. The van der Waals surface area contributed by atoms with Crippen LogP contribution in [0.25, 0.3) is 10.9 Å². The first-order valence-corrected chi connectivity index (χ1v) is 8.20. The Labute approximate surface area is 150 Å². The highest BCUT2D eigenvalue weighted by atomic mass is 16.6. The standard InChI is InChI=1S/C18H23N3O5/c1-18(2,3)26-17(25)20-10-15(22)21-14(16(23)24)8-11-9-19-13-7-5-4-6-12(11)13/h4-7,9,14,19H,8,10H2,1-3H3,(H,20,25)(H,21,22)(H,23,24)/t14-/m0/s1. The van der Waals surface area contributed by atoms with E-state index < -0.39 is 29.6 Å². The van der Waals surface area contributed by atoms with E-state index in [-0.39, 0.29) is 13.0 Å². The van der Waals surface area contributed by atoms with E-state index in [1.807, 2.05) is 24.3 Å². The highest BCUT2D eigenvalue weighted by molar-refractivity contribution is 5.88. The molecule has 8 nitrogen and oxygen atoms in total. The van der Waals surface area contributed by atoms with Crippen molar-refractivity contribution >= 4 is 28.9 Å². The zero-order valence-corrected chi connectivity index (χ0v) is 15.0. The van der Waals surface area contributed by atoms with E-state index in [0.717, 1.165) is 16.5 Å². The van der Waals surface area contributed by atoms with Crippen LogP contribution < -0.4 is 10.6 Å². The van der Waals surface area contributed by atoms with Gasteiger partial charge in [-0.2, -0.15) is 0 Å². The molecule has 0 fully saturated rings. The molecule has 1 atom stereocenters. The van der Waals surface area contributed by atoms with Gasteiger partial charge < -0.3 is 25.5 Å². The lowest BCUT2D eigenvalue weighted by molar-refractivity contribution is -0.141. The number of alkyl carbamates (subject to hydrolysis) is 1. The van der Waals surface area contributed by atoms with Gasteiger partial charge in [-0.15, -0.1) is 0 Å². The van der Waals surface area contributed by atoms with Gasteiger partial charge in [0.1, 0.15) is 18.2 Å². The van der Waals surface area contributed by atoms with Crippen molar-refractivity contribution in [2.75, 3.05) is 6.54 Å². The average molecular weight is 361 g/mol. The van der Waals surface area contributed by atoms with Gasteiger partial charge >= 0.3 is 12.1 Å². The van der Waals surface area contributed by atoms with E-state index >= 15 is 0 Å². The van der Waals surface area contributed by atoms with E-state index in [1.165, 1.54) is 0 Å². The predicted octanol–water partition coefficient (Wildman–Crippen LogP) is 1.80. The van der Waals surface area contributed by atoms with Crippen molar-refractivity contribution in [2.45, 2.75) is 38.8 Å². The first-order valence-electron chi connectivity index (χ1n) is 8.20. The number of carbonyl (C=O) groups is 3. The molecule has 26 heavy (non-hydrogen) atoms. The second-order valence-electron chi connectivity index (χ2n) is 6.88. The van der Waals surface area contributed by atoms with Crippen LogP contribution in [0.2, 0.25) is 0 Å². The van der Waals surface area contributed by atoms with Crippen LogP contribution in [0.5, 0.6) is 0 Å². The second-order valence-corrected chi connectivity index (χ2v) is 6.88. The van der Waals surface area contributed by atoms with Crippen LogP contribution in [0, 0.1) is 0 Å². The predicted molar refractivity (Wildman–Crippen MR) is 95.8 cm³/mol. The number of carboxylic acids is 1. The van der Waals surface area contributed by atoms with Gasteiger partial charge in [-0.25, -0.2) is 9.59 Å². The molecular formula is C18H23N3O5. The van der Waals surface area contributed by atoms with Gasteiger partial charge in [0.15, 0.2) is 0 Å². The van der Waals surface area contributed by atoms with Gasteiger partial charge in [-0.1, -0.05) is 18.2 Å². The van der Waals surface area contributed by atoms with Gasteiger partial charge in [0.05, 0.1) is 0 Å². The Morgan fingerprint density at radius 1 is 1.23 bits per heavy atom. The van der Waals surface area contributed by atoms with Crippen molar-refractivity contribution in [3.05, 3.63) is 36.0 Å². The Morgan fingerprint density at radius 2 is 1.92 bits per heavy atom. The molecule has 140 valence electrons. The van der Waals surface area contributed by atoms with Gasteiger partial charge in [0.25, 0.3) is 0 Å². The minimum Gasteiger partial charge on any atom is -0.480 e. The Bertz CT molecular complexity index is 807. The zero-order chi connectivity index (χ0) is 19.3. The minimum atomic E-state index is -1.15. The monoisotopic (exact) mass is 361 g/mol. The fourth-order valence-electron chi connectivity index (χ4n) is 2.43. The number of nitrogens with one attached hydrogen (secondary N) is 3. The van der Waals surface area contributed by atoms with Crippen LogP contribution in [0.3, 0.4) is 0 Å². The second kappa shape index (κ2) is 7.90. The smallest absolute Gasteiger partial charge is 0.408 e. The first kappa shape index (κ1) is 19.3. The van der Waals surface area contributed by atoms with Crippen LogP contribution >= 0.6 is 0 Å². The van der Waals surface area contributed by atoms with Gasteiger partial charge in [-0.05, 0) is 32.4 Å². The Morgan fingerprint density at radius 3 is 2.58 bits per heavy atom. The van der Waals surface area contributed by atoms with Crippen molar-refractivity contribution < 1.29 is 24.2 Å². The van der Waals surface area contributed by atoms with E-state index in [2.05, 4.69) is 15.6 Å². The molecule has 1 aromatic carbocycles. The molecule has 0 aliphatic rings. The van der Waals surface area contributed by atoms with E-state index in [0.29, 0.717) is 0 Å². The number of para-hydroxylation sites is 1. The summed E-state index contributed by atoms with van der Waals surface area (Å²) in [5, 5.41) is 15.0. The first-order chi connectivity index (χ1) is 12.2. The Kier molecular flexibility index (Phi) is 5.86. The molecule has 0 saturated heterocycles. The summed E-state index contributed by atoms with van der Waals surface area (Å²) in [4.78, 5) is 38.1. The fourth-order valence-corrected chi connectivity index (χ4v) is 2.43. The topological polar surface area (TPSA) is 121 Å². The van der Waals surface area contributed by atoms with Gasteiger partial charge in [0, 0.05) is 23.5 Å². The molecule has 0 saturated carbocycles. The summed E-state index contributed by atoms with van der Waals surface area (Å²) in [6.07, 6.45) is 1.11. The van der Waals surface area contributed by atoms with Crippen LogP contribution in [-0.4, -0.2) is 46.2 Å². The average Bonchev–Trinajstić information content (AvgIpc) is 2.94. The number of aliphatic carboxylic acids is 1.